The van der Waals surface area contributed by atoms with Gasteiger partial charge in [0, 0.05) is 39.4 Å². The zero-order valence-corrected chi connectivity index (χ0v) is 29.5. The minimum Gasteiger partial charge on any atom is -0.430 e. The number of oxazole rings is 1. The van der Waals surface area contributed by atoms with Crippen molar-refractivity contribution in [1.29, 1.82) is 0 Å². The first-order valence-electron chi connectivity index (χ1n) is 14.8. The second-order valence-corrected chi connectivity index (χ2v) is 13.1. The highest BCUT2D eigenvalue weighted by Gasteiger charge is 2.23. The van der Waals surface area contributed by atoms with Gasteiger partial charge in [-0.3, -0.25) is 10.1 Å². The Morgan fingerprint density at radius 1 is 0.957 bits per heavy atom. The largest absolute Gasteiger partial charge is 0.430 e. The molecule has 0 aliphatic heterocycles. The predicted octanol–water partition coefficient (Wildman–Crippen LogP) is 12.9. The Morgan fingerprint density at radius 3 is 2.17 bits per heavy atom. The molecule has 6 aromatic rings. The molecular weight excluding hydrogens is 666 g/mol. The fourth-order valence-electron chi connectivity index (χ4n) is 4.20. The van der Waals surface area contributed by atoms with E-state index in [4.69, 9.17) is 21.0 Å². The highest BCUT2D eigenvalue weighted by Crippen LogP contribution is 2.42. The molecule has 0 aliphatic rings. The van der Waals surface area contributed by atoms with E-state index >= 15 is 0 Å². The minimum absolute atomic E-state index is 0.110. The van der Waals surface area contributed by atoms with Crippen LogP contribution in [0.2, 0.25) is 5.02 Å². The standard InChI is InChI=1S/C25H16ClN3O3S.C10H12S2.C2H6/c26-19-15-21(29(30)31)22(16-20(19)28-13-7-8-14-28)33-25-27-23(17-9-3-1-4-10-17)24(32-25)18-11-5-2-6-12-18;1-4-8(2)12-9(3)10-6-5-7-11-10;1-2/h1-16H;5-7H,2-4H2,1H3;1-2H3. The molecule has 240 valence electrons. The van der Waals surface area contributed by atoms with Crippen LogP contribution in [-0.4, -0.2) is 14.5 Å². The molecule has 0 amide bonds. The lowest BCUT2D eigenvalue weighted by molar-refractivity contribution is -0.387. The summed E-state index contributed by atoms with van der Waals surface area (Å²) >= 11 is 10.9. The van der Waals surface area contributed by atoms with Crippen molar-refractivity contribution in [3.8, 4) is 28.3 Å². The van der Waals surface area contributed by atoms with E-state index in [0.717, 1.165) is 34.2 Å². The second kappa shape index (κ2) is 17.6. The molecule has 6 nitrogen and oxygen atoms in total. The Hall–Kier alpha value is -4.28. The Kier molecular flexibility index (Phi) is 13.3. The fraction of sp³-hybridized carbons (Fsp3) is 0.108. The van der Waals surface area contributed by atoms with Crippen LogP contribution in [-0.2, 0) is 0 Å². The maximum Gasteiger partial charge on any atom is 0.285 e. The molecule has 3 heterocycles. The Balaban J connectivity index is 0.000000301. The number of nitro groups is 1. The van der Waals surface area contributed by atoms with E-state index in [-0.39, 0.29) is 10.7 Å². The van der Waals surface area contributed by atoms with Gasteiger partial charge in [-0.15, -0.1) is 11.3 Å². The monoisotopic (exact) mass is 699 g/mol. The van der Waals surface area contributed by atoms with Crippen LogP contribution in [0, 0.1) is 10.1 Å². The number of hydrogen-bond donors (Lipinski definition) is 0. The number of rotatable bonds is 10. The van der Waals surface area contributed by atoms with E-state index in [1.807, 2.05) is 105 Å². The van der Waals surface area contributed by atoms with Gasteiger partial charge in [0.2, 0.25) is 0 Å². The van der Waals surface area contributed by atoms with E-state index in [1.54, 1.807) is 33.7 Å². The van der Waals surface area contributed by atoms with Gasteiger partial charge >= 0.3 is 0 Å². The number of thioether (sulfide) groups is 1. The molecule has 0 N–H and O–H groups in total. The van der Waals surface area contributed by atoms with E-state index in [9.17, 15) is 10.1 Å². The molecule has 0 radical (unpaired) electrons. The van der Waals surface area contributed by atoms with Gasteiger partial charge in [-0.25, -0.2) is 4.98 Å². The maximum absolute atomic E-state index is 11.8. The lowest BCUT2D eigenvalue weighted by Gasteiger charge is -2.08. The summed E-state index contributed by atoms with van der Waals surface area (Å²) in [7, 11) is 0. The highest BCUT2D eigenvalue weighted by molar-refractivity contribution is 8.11. The average Bonchev–Trinajstić information content (AvgIpc) is 3.90. The number of nitrogens with zero attached hydrogens (tertiary/aromatic N) is 3. The lowest BCUT2D eigenvalue weighted by Crippen LogP contribution is -1.96. The van der Waals surface area contributed by atoms with E-state index < -0.39 is 4.92 Å². The molecular formula is C37H34ClN3O3S3. The van der Waals surface area contributed by atoms with Crippen LogP contribution in [0.1, 0.15) is 32.1 Å². The topological polar surface area (TPSA) is 74.1 Å². The minimum atomic E-state index is -0.452. The van der Waals surface area contributed by atoms with Gasteiger partial charge in [0.15, 0.2) is 5.76 Å². The molecule has 47 heavy (non-hydrogen) atoms. The molecule has 0 fully saturated rings. The first-order chi connectivity index (χ1) is 22.8. The van der Waals surface area contributed by atoms with Crippen molar-refractivity contribution in [2.75, 3.05) is 0 Å². The summed E-state index contributed by atoms with van der Waals surface area (Å²) in [6.07, 6.45) is 4.66. The number of nitro benzene ring substituents is 1. The first-order valence-corrected chi connectivity index (χ1v) is 17.7. The zero-order valence-electron chi connectivity index (χ0n) is 26.3. The summed E-state index contributed by atoms with van der Waals surface area (Å²) in [6, 6.07) is 30.2. The predicted molar refractivity (Wildman–Crippen MR) is 201 cm³/mol. The molecule has 0 unspecified atom stereocenters. The zero-order chi connectivity index (χ0) is 33.8. The molecule has 0 spiro atoms. The van der Waals surface area contributed by atoms with Crippen molar-refractivity contribution < 1.29 is 9.34 Å². The first kappa shape index (κ1) is 35.6. The van der Waals surface area contributed by atoms with E-state index in [1.165, 1.54) is 15.8 Å². The average molecular weight is 700 g/mol. The van der Waals surface area contributed by atoms with E-state index in [0.29, 0.717) is 27.3 Å². The van der Waals surface area contributed by atoms with Crippen molar-refractivity contribution >= 4 is 57.1 Å². The van der Waals surface area contributed by atoms with Gasteiger partial charge in [0.05, 0.1) is 20.5 Å². The number of aromatic nitrogens is 2. The van der Waals surface area contributed by atoms with Gasteiger partial charge in [0.1, 0.15) is 5.69 Å². The summed E-state index contributed by atoms with van der Waals surface area (Å²) in [5, 5.41) is 14.4. The van der Waals surface area contributed by atoms with Crippen LogP contribution in [0.25, 0.3) is 33.2 Å². The van der Waals surface area contributed by atoms with Gasteiger partial charge in [-0.05, 0) is 52.7 Å². The third-order valence-electron chi connectivity index (χ3n) is 6.45. The van der Waals surface area contributed by atoms with E-state index in [2.05, 4.69) is 31.5 Å². The van der Waals surface area contributed by atoms with Gasteiger partial charge < -0.3 is 8.98 Å². The molecule has 0 aliphatic carbocycles. The molecule has 10 heteroatoms. The summed E-state index contributed by atoms with van der Waals surface area (Å²) in [5.74, 6) is 0.603. The Labute approximate surface area is 293 Å². The Bertz CT molecular complexity index is 1850. The summed E-state index contributed by atoms with van der Waals surface area (Å²) in [6.45, 7) is 14.0. The van der Waals surface area contributed by atoms with Crippen LogP contribution in [0.3, 0.4) is 0 Å². The third kappa shape index (κ3) is 9.39. The van der Waals surface area contributed by atoms with Crippen molar-refractivity contribution in [2.24, 2.45) is 0 Å². The lowest BCUT2D eigenvalue weighted by atomic mass is 10.1. The number of halogens is 1. The quantitative estimate of drug-likeness (QED) is 0.105. The maximum atomic E-state index is 11.8. The number of hydrogen-bond acceptors (Lipinski definition) is 7. The summed E-state index contributed by atoms with van der Waals surface area (Å²) < 4.78 is 7.95. The molecule has 3 aromatic heterocycles. The molecule has 0 saturated heterocycles. The fourth-order valence-corrected chi connectivity index (χ4v) is 6.84. The van der Waals surface area contributed by atoms with Crippen LogP contribution >= 0.6 is 46.5 Å². The molecule has 6 rings (SSSR count). The SMILES string of the molecule is C=C(CC)SC(=C)c1cccs1.CC.O=[N+]([O-])c1cc(Cl)c(-n2cccc2)cc1Sc1nc(-c2ccccc2)c(-c2ccccc2)o1. The highest BCUT2D eigenvalue weighted by atomic mass is 35.5. The molecule has 0 atom stereocenters. The summed E-state index contributed by atoms with van der Waals surface area (Å²) in [4.78, 5) is 19.9. The Morgan fingerprint density at radius 2 is 1.60 bits per heavy atom. The van der Waals surface area contributed by atoms with Gasteiger partial charge in [-0.2, -0.15) is 0 Å². The van der Waals surface area contributed by atoms with Crippen LogP contribution in [0.4, 0.5) is 5.69 Å². The van der Waals surface area contributed by atoms with Gasteiger partial charge in [0.25, 0.3) is 10.9 Å². The molecule has 0 saturated carbocycles. The molecule has 0 bridgehead atoms. The number of allylic oxidation sites excluding steroid dienone is 1. The smallest absolute Gasteiger partial charge is 0.285 e. The van der Waals surface area contributed by atoms with Crippen LogP contribution in [0.5, 0.6) is 0 Å². The van der Waals surface area contributed by atoms with Gasteiger partial charge in [-0.1, -0.05) is 124 Å². The second-order valence-electron chi connectivity index (χ2n) is 9.51. The number of thiophene rings is 1. The molecule has 3 aromatic carbocycles. The van der Waals surface area contributed by atoms with Crippen molar-refractivity contribution in [3.05, 3.63) is 153 Å². The van der Waals surface area contributed by atoms with Crippen LogP contribution < -0.4 is 0 Å². The van der Waals surface area contributed by atoms with Crippen molar-refractivity contribution in [2.45, 2.75) is 37.3 Å². The van der Waals surface area contributed by atoms with Crippen LogP contribution in [0.15, 0.2) is 147 Å². The van der Waals surface area contributed by atoms with Crippen molar-refractivity contribution in [3.63, 3.8) is 0 Å². The van der Waals surface area contributed by atoms with Crippen molar-refractivity contribution in [1.82, 2.24) is 9.55 Å². The normalized spacial score (nSPS) is 10.3. The summed E-state index contributed by atoms with van der Waals surface area (Å²) in [5.41, 5.74) is 2.96. The third-order valence-corrected chi connectivity index (χ3v) is 9.75. The number of benzene rings is 3.